The molecule has 88 valence electrons. The van der Waals surface area contributed by atoms with Gasteiger partial charge in [-0.05, 0) is 24.3 Å². The van der Waals surface area contributed by atoms with Gasteiger partial charge in [-0.2, -0.15) is 0 Å². The van der Waals surface area contributed by atoms with Crippen LogP contribution in [0.1, 0.15) is 16.1 Å². The van der Waals surface area contributed by atoms with Crippen molar-refractivity contribution in [1.29, 1.82) is 0 Å². The molecule has 3 heteroatoms. The molecule has 0 radical (unpaired) electrons. The smallest absolute Gasteiger partial charge is 0.210 e. The van der Waals surface area contributed by atoms with Crippen molar-refractivity contribution in [2.24, 2.45) is 0 Å². The number of rotatable bonds is 2. The summed E-state index contributed by atoms with van der Waals surface area (Å²) in [5.74, 6) is -0.00123. The van der Waals surface area contributed by atoms with E-state index in [0.29, 0.717) is 11.3 Å². The van der Waals surface area contributed by atoms with Gasteiger partial charge in [0, 0.05) is 20.9 Å². The molecule has 2 nitrogen and oxygen atoms in total. The average molecular weight is 300 g/mol. The van der Waals surface area contributed by atoms with Crippen LogP contribution in [0.3, 0.4) is 0 Å². The van der Waals surface area contributed by atoms with Crippen molar-refractivity contribution in [2.45, 2.75) is 0 Å². The van der Waals surface area contributed by atoms with Crippen LogP contribution in [0.4, 0.5) is 0 Å². The van der Waals surface area contributed by atoms with E-state index in [0.717, 1.165) is 15.4 Å². The number of para-hydroxylation sites is 1. The molecule has 0 saturated heterocycles. The van der Waals surface area contributed by atoms with Crippen LogP contribution >= 0.6 is 15.9 Å². The van der Waals surface area contributed by atoms with Crippen LogP contribution in [-0.4, -0.2) is 10.8 Å². The maximum Gasteiger partial charge on any atom is 0.210 e. The number of hydrogen-bond acceptors (Lipinski definition) is 1. The number of carbonyl (C=O) groups is 1. The fourth-order valence-electron chi connectivity index (χ4n) is 1.99. The summed E-state index contributed by atoms with van der Waals surface area (Å²) in [6, 6.07) is 17.2. The Bertz CT molecular complexity index is 697. The largest absolute Gasteiger partial charge is 0.352 e. The highest BCUT2D eigenvalue weighted by Crippen LogP contribution is 2.22. The molecule has 3 rings (SSSR count). The van der Waals surface area contributed by atoms with Gasteiger partial charge in [-0.1, -0.05) is 46.3 Å². The van der Waals surface area contributed by atoms with E-state index >= 15 is 0 Å². The number of ketones is 1. The van der Waals surface area contributed by atoms with E-state index in [1.165, 1.54) is 0 Å². The van der Waals surface area contributed by atoms with Crippen molar-refractivity contribution in [3.05, 3.63) is 70.3 Å². The minimum Gasteiger partial charge on any atom is -0.352 e. The first-order chi connectivity index (χ1) is 8.75. The van der Waals surface area contributed by atoms with E-state index in [1.54, 1.807) is 0 Å². The molecule has 0 unspecified atom stereocenters. The summed E-state index contributed by atoms with van der Waals surface area (Å²) in [7, 11) is 0. The van der Waals surface area contributed by atoms with E-state index < -0.39 is 0 Å². The Morgan fingerprint density at radius 1 is 1.00 bits per heavy atom. The molecule has 18 heavy (non-hydrogen) atoms. The van der Waals surface area contributed by atoms with Gasteiger partial charge < -0.3 is 4.98 Å². The highest BCUT2D eigenvalue weighted by atomic mass is 79.9. The van der Waals surface area contributed by atoms with Gasteiger partial charge in [-0.3, -0.25) is 4.79 Å². The highest BCUT2D eigenvalue weighted by Gasteiger charge is 2.14. The predicted octanol–water partition coefficient (Wildman–Crippen LogP) is 4.16. The van der Waals surface area contributed by atoms with Gasteiger partial charge in [0.2, 0.25) is 5.78 Å². The minimum atomic E-state index is -0.00123. The standard InChI is InChI=1S/C15H10BrNO/c16-12-7-3-2-6-11(12)15(18)14-9-10-5-1-4-8-13(10)17-14/h1-9,17H. The molecule has 1 N–H and O–H groups in total. The summed E-state index contributed by atoms with van der Waals surface area (Å²) < 4.78 is 0.814. The Morgan fingerprint density at radius 3 is 2.50 bits per heavy atom. The zero-order valence-corrected chi connectivity index (χ0v) is 11.1. The number of H-pyrrole nitrogens is 1. The molecule has 1 heterocycles. The van der Waals surface area contributed by atoms with E-state index in [9.17, 15) is 4.79 Å². The third-order valence-electron chi connectivity index (χ3n) is 2.89. The van der Waals surface area contributed by atoms with Gasteiger partial charge in [0.25, 0.3) is 0 Å². The van der Waals surface area contributed by atoms with Crippen LogP contribution in [0.25, 0.3) is 10.9 Å². The molecular formula is C15H10BrNO. The first kappa shape index (κ1) is 11.2. The molecule has 0 saturated carbocycles. The Hall–Kier alpha value is -1.87. The third kappa shape index (κ3) is 1.87. The van der Waals surface area contributed by atoms with Gasteiger partial charge in [-0.25, -0.2) is 0 Å². The summed E-state index contributed by atoms with van der Waals surface area (Å²) in [6.45, 7) is 0. The zero-order chi connectivity index (χ0) is 12.5. The molecule has 0 amide bonds. The second-order valence-corrected chi connectivity index (χ2v) is 4.93. The normalized spacial score (nSPS) is 10.7. The monoisotopic (exact) mass is 299 g/mol. The lowest BCUT2D eigenvalue weighted by atomic mass is 10.1. The predicted molar refractivity (Wildman–Crippen MR) is 75.9 cm³/mol. The number of aromatic amines is 1. The second-order valence-electron chi connectivity index (χ2n) is 4.08. The Morgan fingerprint density at radius 2 is 1.72 bits per heavy atom. The van der Waals surface area contributed by atoms with Crippen molar-refractivity contribution >= 4 is 32.6 Å². The molecule has 0 aliphatic heterocycles. The number of nitrogens with one attached hydrogen (secondary N) is 1. The van der Waals surface area contributed by atoms with Gasteiger partial charge in [0.1, 0.15) is 0 Å². The molecule has 0 bridgehead atoms. The van der Waals surface area contributed by atoms with Crippen LogP contribution in [0.2, 0.25) is 0 Å². The maximum atomic E-state index is 12.4. The van der Waals surface area contributed by atoms with Crippen LogP contribution in [0.5, 0.6) is 0 Å². The number of aromatic nitrogens is 1. The molecule has 1 aromatic heterocycles. The summed E-state index contributed by atoms with van der Waals surface area (Å²) in [6.07, 6.45) is 0. The topological polar surface area (TPSA) is 32.9 Å². The van der Waals surface area contributed by atoms with E-state index in [2.05, 4.69) is 20.9 Å². The minimum absolute atomic E-state index is 0.00123. The lowest BCUT2D eigenvalue weighted by Gasteiger charge is -2.00. The van der Waals surface area contributed by atoms with Crippen LogP contribution in [0.15, 0.2) is 59.1 Å². The fraction of sp³-hybridized carbons (Fsp3) is 0. The average Bonchev–Trinajstić information content (AvgIpc) is 2.82. The van der Waals surface area contributed by atoms with Crippen LogP contribution in [0, 0.1) is 0 Å². The zero-order valence-electron chi connectivity index (χ0n) is 9.48. The number of carbonyl (C=O) groups excluding carboxylic acids is 1. The van der Waals surface area contributed by atoms with E-state index in [-0.39, 0.29) is 5.78 Å². The first-order valence-electron chi connectivity index (χ1n) is 5.63. The summed E-state index contributed by atoms with van der Waals surface area (Å²) in [4.78, 5) is 15.5. The third-order valence-corrected chi connectivity index (χ3v) is 3.58. The SMILES string of the molecule is O=C(c1cc2ccccc2[nH]1)c1ccccc1Br. The molecule has 0 aliphatic carbocycles. The lowest BCUT2D eigenvalue weighted by molar-refractivity contribution is 0.103. The fourth-order valence-corrected chi connectivity index (χ4v) is 2.45. The Kier molecular flexibility index (Phi) is 2.76. The molecule has 2 aromatic carbocycles. The lowest BCUT2D eigenvalue weighted by Crippen LogP contribution is -2.02. The van der Waals surface area contributed by atoms with Gasteiger partial charge in [0.05, 0.1) is 5.69 Å². The van der Waals surface area contributed by atoms with Crippen molar-refractivity contribution in [3.8, 4) is 0 Å². The quantitative estimate of drug-likeness (QED) is 0.708. The summed E-state index contributed by atoms with van der Waals surface area (Å²) in [5, 5.41) is 1.05. The Labute approximate surface area is 113 Å². The molecular weight excluding hydrogens is 290 g/mol. The Balaban J connectivity index is 2.10. The second kappa shape index (κ2) is 4.42. The van der Waals surface area contributed by atoms with E-state index in [1.807, 2.05) is 54.6 Å². The van der Waals surface area contributed by atoms with Crippen LogP contribution in [-0.2, 0) is 0 Å². The molecule has 0 fully saturated rings. The van der Waals surface area contributed by atoms with Gasteiger partial charge in [-0.15, -0.1) is 0 Å². The first-order valence-corrected chi connectivity index (χ1v) is 6.42. The van der Waals surface area contributed by atoms with Gasteiger partial charge >= 0.3 is 0 Å². The number of benzene rings is 2. The highest BCUT2D eigenvalue weighted by molar-refractivity contribution is 9.10. The van der Waals surface area contributed by atoms with Crippen molar-refractivity contribution in [2.75, 3.05) is 0 Å². The molecule has 0 spiro atoms. The summed E-state index contributed by atoms with van der Waals surface area (Å²) in [5.41, 5.74) is 2.26. The molecule has 0 aliphatic rings. The van der Waals surface area contributed by atoms with Crippen molar-refractivity contribution < 1.29 is 4.79 Å². The van der Waals surface area contributed by atoms with Crippen LogP contribution < -0.4 is 0 Å². The number of hydrogen-bond donors (Lipinski definition) is 1. The molecule has 3 aromatic rings. The maximum absolute atomic E-state index is 12.4. The van der Waals surface area contributed by atoms with Gasteiger partial charge in [0.15, 0.2) is 0 Å². The number of halogens is 1. The summed E-state index contributed by atoms with van der Waals surface area (Å²) >= 11 is 3.40. The van der Waals surface area contributed by atoms with E-state index in [4.69, 9.17) is 0 Å². The number of fused-ring (bicyclic) bond motifs is 1. The van der Waals surface area contributed by atoms with Crippen molar-refractivity contribution in [1.82, 2.24) is 4.98 Å². The molecule has 0 atom stereocenters. The van der Waals surface area contributed by atoms with Crippen molar-refractivity contribution in [3.63, 3.8) is 0 Å².